The number of furan rings is 1. The van der Waals surface area contributed by atoms with Gasteiger partial charge in [0, 0.05) is 5.39 Å². The van der Waals surface area contributed by atoms with Crippen LogP contribution in [-0.4, -0.2) is 5.11 Å². The van der Waals surface area contributed by atoms with Gasteiger partial charge in [0.15, 0.2) is 0 Å². The van der Waals surface area contributed by atoms with Gasteiger partial charge in [-0.15, -0.1) is 0 Å². The van der Waals surface area contributed by atoms with E-state index >= 15 is 0 Å². The molecule has 0 saturated carbocycles. The maximum absolute atomic E-state index is 10.4. The normalized spacial score (nSPS) is 15.5. The Morgan fingerprint density at radius 1 is 1.20 bits per heavy atom. The van der Waals surface area contributed by atoms with Crippen LogP contribution in [0.2, 0.25) is 0 Å². The van der Waals surface area contributed by atoms with E-state index < -0.39 is 6.10 Å². The summed E-state index contributed by atoms with van der Waals surface area (Å²) in [7, 11) is 0. The summed E-state index contributed by atoms with van der Waals surface area (Å²) < 4.78 is 5.77. The molecule has 0 spiro atoms. The van der Waals surface area contributed by atoms with E-state index in [0.717, 1.165) is 23.8 Å². The highest BCUT2D eigenvalue weighted by atomic mass is 16.4. The molecule has 0 radical (unpaired) electrons. The summed E-state index contributed by atoms with van der Waals surface area (Å²) in [6.45, 7) is 11.0. The van der Waals surface area contributed by atoms with E-state index in [9.17, 15) is 5.11 Å². The van der Waals surface area contributed by atoms with Crippen LogP contribution < -0.4 is 0 Å². The molecule has 2 heteroatoms. The zero-order valence-corrected chi connectivity index (χ0v) is 13.2. The summed E-state index contributed by atoms with van der Waals surface area (Å²) >= 11 is 0. The van der Waals surface area contributed by atoms with Crippen LogP contribution in [0, 0.1) is 18.3 Å². The molecule has 2 atom stereocenters. The van der Waals surface area contributed by atoms with Crippen LogP contribution in [0.4, 0.5) is 0 Å². The van der Waals surface area contributed by atoms with Crippen molar-refractivity contribution in [2.45, 2.75) is 53.6 Å². The smallest absolute Gasteiger partial charge is 0.134 e. The van der Waals surface area contributed by atoms with Gasteiger partial charge in [0.1, 0.15) is 17.4 Å². The molecule has 0 aliphatic heterocycles. The van der Waals surface area contributed by atoms with Gasteiger partial charge in [-0.2, -0.15) is 0 Å². The van der Waals surface area contributed by atoms with Crippen LogP contribution in [0.1, 0.15) is 58.0 Å². The molecule has 1 aromatic carbocycles. The minimum absolute atomic E-state index is 0.296. The molecular formula is C18H26O2. The Bertz CT molecular complexity index is 575. The second-order valence-electron chi connectivity index (χ2n) is 7.31. The van der Waals surface area contributed by atoms with Crippen molar-refractivity contribution in [3.05, 3.63) is 35.6 Å². The van der Waals surface area contributed by atoms with E-state index in [1.165, 1.54) is 5.56 Å². The third-order valence-corrected chi connectivity index (χ3v) is 3.61. The van der Waals surface area contributed by atoms with Crippen LogP contribution in [0.5, 0.6) is 0 Å². The summed E-state index contributed by atoms with van der Waals surface area (Å²) in [5.41, 5.74) is 2.36. The first-order valence-corrected chi connectivity index (χ1v) is 7.43. The van der Waals surface area contributed by atoms with Gasteiger partial charge >= 0.3 is 0 Å². The van der Waals surface area contributed by atoms with Gasteiger partial charge in [0.05, 0.1) is 0 Å². The molecular weight excluding hydrogens is 248 g/mol. The first-order valence-electron chi connectivity index (χ1n) is 7.43. The Labute approximate surface area is 121 Å². The van der Waals surface area contributed by atoms with Gasteiger partial charge < -0.3 is 9.52 Å². The lowest BCUT2D eigenvalue weighted by atomic mass is 9.83. The molecule has 0 bridgehead atoms. The fraction of sp³-hybridized carbons (Fsp3) is 0.556. The van der Waals surface area contributed by atoms with Gasteiger partial charge in [-0.25, -0.2) is 0 Å². The van der Waals surface area contributed by atoms with E-state index in [1.54, 1.807) is 0 Å². The van der Waals surface area contributed by atoms with Gasteiger partial charge in [0.2, 0.25) is 0 Å². The van der Waals surface area contributed by atoms with E-state index in [-0.39, 0.29) is 0 Å². The summed E-state index contributed by atoms with van der Waals surface area (Å²) in [5.74, 6) is 1.16. The Morgan fingerprint density at radius 3 is 2.55 bits per heavy atom. The number of aliphatic hydroxyl groups is 1. The minimum Gasteiger partial charge on any atom is -0.458 e. The molecule has 0 aliphatic carbocycles. The van der Waals surface area contributed by atoms with E-state index in [0.29, 0.717) is 17.1 Å². The van der Waals surface area contributed by atoms with E-state index in [4.69, 9.17) is 4.42 Å². The van der Waals surface area contributed by atoms with Crippen molar-refractivity contribution in [2.24, 2.45) is 11.3 Å². The van der Waals surface area contributed by atoms with E-state index in [1.807, 2.05) is 18.2 Å². The fourth-order valence-electron chi connectivity index (χ4n) is 2.97. The Balaban J connectivity index is 2.09. The van der Waals surface area contributed by atoms with Crippen molar-refractivity contribution in [1.82, 2.24) is 0 Å². The number of aliphatic hydroxyl groups excluding tert-OH is 1. The fourth-order valence-corrected chi connectivity index (χ4v) is 2.97. The van der Waals surface area contributed by atoms with Crippen molar-refractivity contribution in [3.63, 3.8) is 0 Å². The number of rotatable bonds is 4. The van der Waals surface area contributed by atoms with Crippen molar-refractivity contribution >= 4 is 11.0 Å². The van der Waals surface area contributed by atoms with Crippen molar-refractivity contribution in [2.75, 3.05) is 0 Å². The Hall–Kier alpha value is -1.28. The number of benzene rings is 1. The molecule has 0 amide bonds. The summed E-state index contributed by atoms with van der Waals surface area (Å²) in [4.78, 5) is 0. The average molecular weight is 274 g/mol. The van der Waals surface area contributed by atoms with E-state index in [2.05, 4.69) is 40.7 Å². The number of fused-ring (bicyclic) bond motifs is 1. The van der Waals surface area contributed by atoms with Gasteiger partial charge in [0.25, 0.3) is 0 Å². The van der Waals surface area contributed by atoms with Crippen LogP contribution >= 0.6 is 0 Å². The molecule has 1 N–H and O–H groups in total. The van der Waals surface area contributed by atoms with Crippen molar-refractivity contribution in [3.8, 4) is 0 Å². The molecule has 20 heavy (non-hydrogen) atoms. The number of hydrogen-bond donors (Lipinski definition) is 1. The standard InChI is InChI=1S/C18H26O2/c1-12-6-7-16-14(8-12)10-17(20-16)15(19)9-13(2)11-18(3,4)5/h6-8,10,13,15,19H,9,11H2,1-5H3. The highest BCUT2D eigenvalue weighted by Gasteiger charge is 2.21. The summed E-state index contributed by atoms with van der Waals surface area (Å²) in [5, 5.41) is 11.4. The zero-order chi connectivity index (χ0) is 14.9. The molecule has 0 aliphatic rings. The molecule has 1 aromatic heterocycles. The van der Waals surface area contributed by atoms with Gasteiger partial charge in [-0.05, 0) is 49.3 Å². The lowest BCUT2D eigenvalue weighted by molar-refractivity contribution is 0.114. The van der Waals surface area contributed by atoms with Crippen LogP contribution in [0.15, 0.2) is 28.7 Å². The van der Waals surface area contributed by atoms with Crippen molar-refractivity contribution in [1.29, 1.82) is 0 Å². The monoisotopic (exact) mass is 274 g/mol. The van der Waals surface area contributed by atoms with Crippen molar-refractivity contribution < 1.29 is 9.52 Å². The predicted octanol–water partition coefficient (Wildman–Crippen LogP) is 5.24. The maximum atomic E-state index is 10.4. The highest BCUT2D eigenvalue weighted by molar-refractivity contribution is 5.78. The minimum atomic E-state index is -0.514. The third-order valence-electron chi connectivity index (χ3n) is 3.61. The predicted molar refractivity (Wildman–Crippen MR) is 83.8 cm³/mol. The topological polar surface area (TPSA) is 33.4 Å². The summed E-state index contributed by atoms with van der Waals surface area (Å²) in [6.07, 6.45) is 1.33. The highest BCUT2D eigenvalue weighted by Crippen LogP contribution is 2.32. The number of aryl methyl sites for hydroxylation is 1. The molecule has 0 saturated heterocycles. The van der Waals surface area contributed by atoms with Gasteiger partial charge in [-0.3, -0.25) is 0 Å². The van der Waals surface area contributed by atoms with Gasteiger partial charge in [-0.1, -0.05) is 39.3 Å². The molecule has 2 unspecified atom stereocenters. The molecule has 0 fully saturated rings. The first-order chi connectivity index (χ1) is 9.24. The second-order valence-corrected chi connectivity index (χ2v) is 7.31. The molecule has 2 nitrogen and oxygen atoms in total. The van der Waals surface area contributed by atoms with Crippen LogP contribution in [-0.2, 0) is 0 Å². The molecule has 2 rings (SSSR count). The second kappa shape index (κ2) is 5.61. The SMILES string of the molecule is Cc1ccc2oc(C(O)CC(C)CC(C)(C)C)cc2c1. The number of hydrogen-bond acceptors (Lipinski definition) is 2. The lowest BCUT2D eigenvalue weighted by Crippen LogP contribution is -2.13. The maximum Gasteiger partial charge on any atom is 0.134 e. The third kappa shape index (κ3) is 3.86. The quantitative estimate of drug-likeness (QED) is 0.827. The first kappa shape index (κ1) is 15.1. The van der Waals surface area contributed by atoms with Crippen LogP contribution in [0.3, 0.4) is 0 Å². The molecule has 110 valence electrons. The Kier molecular flexibility index (Phi) is 4.24. The molecule has 2 aromatic rings. The van der Waals surface area contributed by atoms with Crippen LogP contribution in [0.25, 0.3) is 11.0 Å². The lowest BCUT2D eigenvalue weighted by Gasteiger charge is -2.24. The molecule has 1 heterocycles. The summed E-state index contributed by atoms with van der Waals surface area (Å²) in [6, 6.07) is 8.06. The Morgan fingerprint density at radius 2 is 1.90 bits per heavy atom. The largest absolute Gasteiger partial charge is 0.458 e. The average Bonchev–Trinajstić information content (AvgIpc) is 2.68. The zero-order valence-electron chi connectivity index (χ0n) is 13.2.